The summed E-state index contributed by atoms with van der Waals surface area (Å²) < 4.78 is 0. The molecule has 70 valence electrons. The second-order valence-electron chi connectivity index (χ2n) is 3.00. The number of hydrogen-bond acceptors (Lipinski definition) is 2. The molecular formula is C11H14O2. The van der Waals surface area contributed by atoms with Crippen molar-refractivity contribution >= 4 is 6.08 Å². The van der Waals surface area contributed by atoms with Crippen molar-refractivity contribution in [2.24, 2.45) is 0 Å². The first-order valence-electron chi connectivity index (χ1n) is 4.29. The highest BCUT2D eigenvalue weighted by atomic mass is 16.3. The highest BCUT2D eigenvalue weighted by molar-refractivity contribution is 5.49. The largest absolute Gasteiger partial charge is 0.390 e. The van der Waals surface area contributed by atoms with Crippen LogP contribution in [-0.2, 0) is 0 Å². The fourth-order valence-electron chi connectivity index (χ4n) is 0.935. The average molecular weight is 178 g/mol. The van der Waals surface area contributed by atoms with Gasteiger partial charge in [-0.1, -0.05) is 42.5 Å². The maximum absolute atomic E-state index is 9.25. The van der Waals surface area contributed by atoms with Gasteiger partial charge in [0, 0.05) is 0 Å². The molecule has 1 aromatic rings. The molecule has 2 N–H and O–H groups in total. The highest BCUT2D eigenvalue weighted by Crippen LogP contribution is 2.03. The molecular weight excluding hydrogens is 164 g/mol. The summed E-state index contributed by atoms with van der Waals surface area (Å²) in [5.41, 5.74) is 1.02. The molecule has 1 aromatic carbocycles. The Morgan fingerprint density at radius 1 is 1.15 bits per heavy atom. The van der Waals surface area contributed by atoms with E-state index in [0.29, 0.717) is 0 Å². The molecule has 0 fully saturated rings. The molecule has 0 saturated heterocycles. The van der Waals surface area contributed by atoms with Gasteiger partial charge in [0.05, 0.1) is 12.2 Å². The SMILES string of the molecule is C[C@H](O)[C@@H](O)C=Cc1ccccc1. The summed E-state index contributed by atoms with van der Waals surface area (Å²) in [6, 6.07) is 9.65. The average Bonchev–Trinajstić information content (AvgIpc) is 2.15. The van der Waals surface area contributed by atoms with E-state index in [2.05, 4.69) is 0 Å². The minimum atomic E-state index is -0.791. The minimum absolute atomic E-state index is 0.722. The van der Waals surface area contributed by atoms with Gasteiger partial charge in [-0.25, -0.2) is 0 Å². The number of hydrogen-bond donors (Lipinski definition) is 2. The molecule has 0 heterocycles. The molecule has 13 heavy (non-hydrogen) atoms. The third-order valence-electron chi connectivity index (χ3n) is 1.78. The van der Waals surface area contributed by atoms with Gasteiger partial charge in [0.1, 0.15) is 0 Å². The lowest BCUT2D eigenvalue weighted by Crippen LogP contribution is -2.19. The van der Waals surface area contributed by atoms with Crippen molar-refractivity contribution in [2.45, 2.75) is 19.1 Å². The lowest BCUT2D eigenvalue weighted by molar-refractivity contribution is 0.0624. The number of benzene rings is 1. The van der Waals surface area contributed by atoms with Crippen molar-refractivity contribution in [3.8, 4) is 0 Å². The van der Waals surface area contributed by atoms with Crippen LogP contribution < -0.4 is 0 Å². The maximum Gasteiger partial charge on any atom is 0.0980 e. The first-order valence-corrected chi connectivity index (χ1v) is 4.29. The van der Waals surface area contributed by atoms with E-state index in [4.69, 9.17) is 5.11 Å². The molecule has 1 rings (SSSR count). The van der Waals surface area contributed by atoms with Gasteiger partial charge in [-0.05, 0) is 12.5 Å². The Labute approximate surface area is 78.2 Å². The van der Waals surface area contributed by atoms with Gasteiger partial charge in [-0.15, -0.1) is 0 Å². The molecule has 0 unspecified atom stereocenters. The molecule has 0 aliphatic heterocycles. The summed E-state index contributed by atoms with van der Waals surface area (Å²) in [6.45, 7) is 1.56. The van der Waals surface area contributed by atoms with Gasteiger partial charge >= 0.3 is 0 Å². The van der Waals surface area contributed by atoms with Gasteiger partial charge in [0.2, 0.25) is 0 Å². The van der Waals surface area contributed by atoms with Gasteiger partial charge in [0.25, 0.3) is 0 Å². The lowest BCUT2D eigenvalue weighted by Gasteiger charge is -2.07. The van der Waals surface area contributed by atoms with Crippen molar-refractivity contribution in [1.82, 2.24) is 0 Å². The Morgan fingerprint density at radius 3 is 2.31 bits per heavy atom. The molecule has 0 bridgehead atoms. The Morgan fingerprint density at radius 2 is 1.77 bits per heavy atom. The van der Waals surface area contributed by atoms with E-state index in [0.717, 1.165) is 5.56 Å². The maximum atomic E-state index is 9.25. The molecule has 0 saturated carbocycles. The van der Waals surface area contributed by atoms with E-state index < -0.39 is 12.2 Å². The first kappa shape index (κ1) is 9.96. The monoisotopic (exact) mass is 178 g/mol. The van der Waals surface area contributed by atoms with E-state index in [1.165, 1.54) is 0 Å². The summed E-state index contributed by atoms with van der Waals surface area (Å²) in [5, 5.41) is 18.2. The number of rotatable bonds is 3. The predicted octanol–water partition coefficient (Wildman–Crippen LogP) is 1.44. The third-order valence-corrected chi connectivity index (χ3v) is 1.78. The summed E-state index contributed by atoms with van der Waals surface area (Å²) >= 11 is 0. The molecule has 0 aromatic heterocycles. The van der Waals surface area contributed by atoms with Crippen LogP contribution in [0.25, 0.3) is 6.08 Å². The second-order valence-corrected chi connectivity index (χ2v) is 3.00. The van der Waals surface area contributed by atoms with Crippen LogP contribution in [0.1, 0.15) is 12.5 Å². The Balaban J connectivity index is 2.59. The summed E-state index contributed by atoms with van der Waals surface area (Å²) in [6.07, 6.45) is 1.86. The van der Waals surface area contributed by atoms with Crippen molar-refractivity contribution in [3.63, 3.8) is 0 Å². The molecule has 0 radical (unpaired) electrons. The Kier molecular flexibility index (Phi) is 3.68. The van der Waals surface area contributed by atoms with Crippen LogP contribution in [0, 0.1) is 0 Å². The van der Waals surface area contributed by atoms with Crippen LogP contribution in [0.15, 0.2) is 36.4 Å². The summed E-state index contributed by atoms with van der Waals surface area (Å²) in [4.78, 5) is 0. The van der Waals surface area contributed by atoms with E-state index in [1.54, 1.807) is 19.1 Å². The molecule has 0 aliphatic rings. The quantitative estimate of drug-likeness (QED) is 0.735. The zero-order valence-electron chi connectivity index (χ0n) is 7.59. The topological polar surface area (TPSA) is 40.5 Å². The van der Waals surface area contributed by atoms with Crippen LogP contribution >= 0.6 is 0 Å². The zero-order chi connectivity index (χ0) is 9.68. The van der Waals surface area contributed by atoms with Crippen molar-refractivity contribution < 1.29 is 10.2 Å². The van der Waals surface area contributed by atoms with Gasteiger partial charge < -0.3 is 10.2 Å². The van der Waals surface area contributed by atoms with Crippen molar-refractivity contribution in [2.75, 3.05) is 0 Å². The van der Waals surface area contributed by atoms with Crippen LogP contribution in [0.5, 0.6) is 0 Å². The van der Waals surface area contributed by atoms with Gasteiger partial charge in [0.15, 0.2) is 0 Å². The van der Waals surface area contributed by atoms with E-state index in [-0.39, 0.29) is 0 Å². The smallest absolute Gasteiger partial charge is 0.0980 e. The van der Waals surface area contributed by atoms with E-state index in [1.807, 2.05) is 30.3 Å². The zero-order valence-corrected chi connectivity index (χ0v) is 7.59. The highest BCUT2D eigenvalue weighted by Gasteiger charge is 2.04. The fourth-order valence-corrected chi connectivity index (χ4v) is 0.935. The van der Waals surface area contributed by atoms with Crippen LogP contribution in [-0.4, -0.2) is 22.4 Å². The summed E-state index contributed by atoms with van der Waals surface area (Å²) in [7, 11) is 0. The Hall–Kier alpha value is -1.12. The normalized spacial score (nSPS) is 15.9. The van der Waals surface area contributed by atoms with E-state index >= 15 is 0 Å². The number of aliphatic hydroxyl groups is 2. The molecule has 0 spiro atoms. The molecule has 0 aliphatic carbocycles. The second kappa shape index (κ2) is 4.80. The van der Waals surface area contributed by atoms with Crippen LogP contribution in [0.2, 0.25) is 0 Å². The number of aliphatic hydroxyl groups excluding tert-OH is 2. The molecule has 2 atom stereocenters. The molecule has 0 amide bonds. The van der Waals surface area contributed by atoms with Gasteiger partial charge in [-0.3, -0.25) is 0 Å². The van der Waals surface area contributed by atoms with Crippen molar-refractivity contribution in [3.05, 3.63) is 42.0 Å². The third kappa shape index (κ3) is 3.40. The van der Waals surface area contributed by atoms with Crippen LogP contribution in [0.3, 0.4) is 0 Å². The minimum Gasteiger partial charge on any atom is -0.390 e. The van der Waals surface area contributed by atoms with E-state index in [9.17, 15) is 5.11 Å². The summed E-state index contributed by atoms with van der Waals surface area (Å²) in [5.74, 6) is 0. The predicted molar refractivity (Wildman–Crippen MR) is 53.2 cm³/mol. The standard InChI is InChI=1S/C11H14O2/c1-9(12)11(13)8-7-10-5-3-2-4-6-10/h2-9,11-13H,1H3/t9-,11-/m0/s1. The lowest BCUT2D eigenvalue weighted by atomic mass is 10.1. The fraction of sp³-hybridized carbons (Fsp3) is 0.273. The van der Waals surface area contributed by atoms with Crippen LogP contribution in [0.4, 0.5) is 0 Å². The Bertz CT molecular complexity index is 265. The molecule has 2 heteroatoms. The molecule has 2 nitrogen and oxygen atoms in total. The van der Waals surface area contributed by atoms with Crippen molar-refractivity contribution in [1.29, 1.82) is 0 Å². The van der Waals surface area contributed by atoms with Gasteiger partial charge in [-0.2, -0.15) is 0 Å². The first-order chi connectivity index (χ1) is 6.20.